The minimum absolute atomic E-state index is 0.0924. The van der Waals surface area contributed by atoms with Crippen LogP contribution in [0.3, 0.4) is 0 Å². The third kappa shape index (κ3) is 6.04. The molecule has 3 rings (SSSR count). The van der Waals surface area contributed by atoms with E-state index < -0.39 is 17.5 Å². The van der Waals surface area contributed by atoms with Crippen molar-refractivity contribution in [2.45, 2.75) is 26.2 Å². The molecule has 0 radical (unpaired) electrons. The Bertz CT molecular complexity index is 1230. The van der Waals surface area contributed by atoms with E-state index in [0.29, 0.717) is 11.1 Å². The lowest BCUT2D eigenvalue weighted by Crippen LogP contribution is -1.88. The van der Waals surface area contributed by atoms with E-state index in [1.54, 1.807) is 30.3 Å². The molecule has 0 spiro atoms. The highest BCUT2D eigenvalue weighted by molar-refractivity contribution is 7.78. The van der Waals surface area contributed by atoms with E-state index >= 15 is 0 Å². The molecule has 0 aliphatic rings. The Hall–Kier alpha value is -3.45. The van der Waals surface area contributed by atoms with Crippen LogP contribution in [0.2, 0.25) is 0 Å². The second-order valence-electron chi connectivity index (χ2n) is 7.13. The van der Waals surface area contributed by atoms with Gasteiger partial charge in [-0.15, -0.1) is 0 Å². The topological polar surface area (TPSA) is 12.4 Å². The monoisotopic (exact) mass is 447 g/mol. The van der Waals surface area contributed by atoms with Crippen LogP contribution in [-0.4, -0.2) is 5.16 Å². The summed E-state index contributed by atoms with van der Waals surface area (Å²) in [5.74, 6) is 3.32. The number of nitrogens with zero attached hydrogens (tertiary/aromatic N) is 1. The molecular formula is C27H20F3NS. The maximum Gasteiger partial charge on any atom is 0.166 e. The quantitative estimate of drug-likeness (QED) is 0.161. The molecule has 0 aromatic heterocycles. The summed E-state index contributed by atoms with van der Waals surface area (Å²) in [4.78, 5) is 3.61. The van der Waals surface area contributed by atoms with Gasteiger partial charge in [0.1, 0.15) is 5.69 Å². The predicted molar refractivity (Wildman–Crippen MR) is 128 cm³/mol. The Morgan fingerprint density at radius 2 is 1.41 bits per heavy atom. The van der Waals surface area contributed by atoms with E-state index in [1.807, 2.05) is 12.1 Å². The van der Waals surface area contributed by atoms with Gasteiger partial charge in [-0.25, -0.2) is 13.2 Å². The van der Waals surface area contributed by atoms with Gasteiger partial charge in [-0.05, 0) is 61.0 Å². The Balaban J connectivity index is 1.76. The standard InChI is InChI=1S/C27H20F3NS/c1-2-3-4-19-7-12-22(13-8-19)26(29)27(30)23-14-9-20(10-15-23)5-6-21-11-16-25(31-18-32)24(28)17-21/h7-17H,2-4H2,1H3/b27-26+. The normalized spacial score (nSPS) is 11.1. The number of halogens is 3. The molecule has 0 saturated heterocycles. The van der Waals surface area contributed by atoms with Crippen molar-refractivity contribution in [1.82, 2.24) is 0 Å². The van der Waals surface area contributed by atoms with Crippen LogP contribution >= 0.6 is 12.2 Å². The zero-order chi connectivity index (χ0) is 22.9. The van der Waals surface area contributed by atoms with Gasteiger partial charge in [-0.1, -0.05) is 61.6 Å². The third-order valence-electron chi connectivity index (χ3n) is 4.82. The van der Waals surface area contributed by atoms with Gasteiger partial charge in [-0.2, -0.15) is 4.99 Å². The highest BCUT2D eigenvalue weighted by Gasteiger charge is 2.11. The number of benzene rings is 3. The SMILES string of the molecule is CCCCc1ccc(/C(F)=C(\F)c2ccc(C#Cc3ccc(N=C=S)c(F)c3)cc2)cc1. The van der Waals surface area contributed by atoms with Crippen LogP contribution in [0.4, 0.5) is 18.9 Å². The first-order valence-corrected chi connectivity index (χ1v) is 10.6. The Morgan fingerprint density at radius 1 is 0.844 bits per heavy atom. The fourth-order valence-electron chi connectivity index (χ4n) is 3.02. The molecule has 0 fully saturated rings. The lowest BCUT2D eigenvalue weighted by molar-refractivity contribution is 0.629. The summed E-state index contributed by atoms with van der Waals surface area (Å²) in [6.07, 6.45) is 3.06. The molecule has 160 valence electrons. The van der Waals surface area contributed by atoms with Crippen LogP contribution in [-0.2, 0) is 6.42 Å². The fraction of sp³-hybridized carbons (Fsp3) is 0.148. The first kappa shape index (κ1) is 23.2. The number of isothiocyanates is 1. The highest BCUT2D eigenvalue weighted by atomic mass is 32.1. The molecule has 5 heteroatoms. The molecule has 32 heavy (non-hydrogen) atoms. The van der Waals surface area contributed by atoms with Crippen LogP contribution in [0, 0.1) is 17.7 Å². The number of hydrogen-bond donors (Lipinski definition) is 0. The van der Waals surface area contributed by atoms with Gasteiger partial charge in [0.05, 0.1) is 5.16 Å². The number of unbranched alkanes of at least 4 members (excludes halogenated alkanes) is 1. The molecule has 0 aliphatic heterocycles. The number of aryl methyl sites for hydroxylation is 1. The van der Waals surface area contributed by atoms with Crippen LogP contribution in [0.5, 0.6) is 0 Å². The summed E-state index contributed by atoms with van der Waals surface area (Å²) in [6.45, 7) is 2.11. The van der Waals surface area contributed by atoms with Crippen molar-refractivity contribution in [2.24, 2.45) is 4.99 Å². The second kappa shape index (κ2) is 11.2. The Kier molecular flexibility index (Phi) is 8.16. The van der Waals surface area contributed by atoms with Gasteiger partial charge in [-0.3, -0.25) is 0 Å². The smallest absolute Gasteiger partial charge is 0.166 e. The lowest BCUT2D eigenvalue weighted by atomic mass is 10.0. The fourth-order valence-corrected chi connectivity index (χ4v) is 3.12. The minimum Gasteiger partial charge on any atom is -0.205 e. The zero-order valence-electron chi connectivity index (χ0n) is 17.5. The molecule has 0 unspecified atom stereocenters. The van der Waals surface area contributed by atoms with E-state index in [4.69, 9.17) is 0 Å². The Labute approximate surface area is 191 Å². The van der Waals surface area contributed by atoms with E-state index in [0.717, 1.165) is 24.8 Å². The Morgan fingerprint density at radius 3 is 1.97 bits per heavy atom. The summed E-state index contributed by atoms with van der Waals surface area (Å²) < 4.78 is 43.1. The largest absolute Gasteiger partial charge is 0.205 e. The summed E-state index contributed by atoms with van der Waals surface area (Å²) in [7, 11) is 0. The van der Waals surface area contributed by atoms with Crippen molar-refractivity contribution in [2.75, 3.05) is 0 Å². The van der Waals surface area contributed by atoms with Crippen molar-refractivity contribution >= 4 is 34.7 Å². The molecule has 0 saturated carbocycles. The molecule has 3 aromatic carbocycles. The average molecular weight is 448 g/mol. The third-order valence-corrected chi connectivity index (χ3v) is 4.91. The van der Waals surface area contributed by atoms with Crippen molar-refractivity contribution < 1.29 is 13.2 Å². The first-order chi connectivity index (χ1) is 15.5. The number of rotatable bonds is 6. The van der Waals surface area contributed by atoms with Crippen molar-refractivity contribution in [1.29, 1.82) is 0 Å². The molecule has 3 aromatic rings. The van der Waals surface area contributed by atoms with Crippen LogP contribution in [0.1, 0.15) is 47.6 Å². The molecule has 0 bridgehead atoms. The maximum absolute atomic E-state index is 14.7. The van der Waals surface area contributed by atoms with Crippen molar-refractivity contribution in [3.8, 4) is 11.8 Å². The highest BCUT2D eigenvalue weighted by Crippen LogP contribution is 2.29. The summed E-state index contributed by atoms with van der Waals surface area (Å²) in [6, 6.07) is 17.3. The first-order valence-electron chi connectivity index (χ1n) is 10.2. The lowest BCUT2D eigenvalue weighted by Gasteiger charge is -2.05. The van der Waals surface area contributed by atoms with E-state index in [2.05, 4.69) is 41.1 Å². The molecule has 0 amide bonds. The zero-order valence-corrected chi connectivity index (χ0v) is 18.3. The van der Waals surface area contributed by atoms with Crippen molar-refractivity contribution in [3.63, 3.8) is 0 Å². The summed E-state index contributed by atoms with van der Waals surface area (Å²) >= 11 is 4.47. The molecule has 0 atom stereocenters. The van der Waals surface area contributed by atoms with E-state index in [-0.39, 0.29) is 16.8 Å². The molecule has 1 nitrogen and oxygen atoms in total. The molecule has 0 N–H and O–H groups in total. The number of thiocarbonyl (C=S) groups is 1. The van der Waals surface area contributed by atoms with E-state index in [9.17, 15) is 13.2 Å². The molecule has 0 aliphatic carbocycles. The summed E-state index contributed by atoms with van der Waals surface area (Å²) in [5, 5.41) is 2.12. The molecule has 0 heterocycles. The number of hydrogen-bond acceptors (Lipinski definition) is 2. The van der Waals surface area contributed by atoms with Crippen molar-refractivity contribution in [3.05, 3.63) is 100 Å². The van der Waals surface area contributed by atoms with Crippen LogP contribution < -0.4 is 0 Å². The van der Waals surface area contributed by atoms with Gasteiger partial charge in [0, 0.05) is 22.3 Å². The predicted octanol–water partition coefficient (Wildman–Crippen LogP) is 8.07. The van der Waals surface area contributed by atoms with Gasteiger partial charge < -0.3 is 0 Å². The van der Waals surface area contributed by atoms with Gasteiger partial charge in [0.15, 0.2) is 17.5 Å². The van der Waals surface area contributed by atoms with Crippen LogP contribution in [0.15, 0.2) is 71.7 Å². The second-order valence-corrected chi connectivity index (χ2v) is 7.31. The van der Waals surface area contributed by atoms with E-state index in [1.165, 1.54) is 24.3 Å². The minimum atomic E-state index is -0.928. The summed E-state index contributed by atoms with van der Waals surface area (Å²) in [5.41, 5.74) is 2.56. The van der Waals surface area contributed by atoms with Gasteiger partial charge in [0.25, 0.3) is 0 Å². The number of aliphatic imine (C=N–C) groups is 1. The van der Waals surface area contributed by atoms with Gasteiger partial charge in [0.2, 0.25) is 0 Å². The average Bonchev–Trinajstić information content (AvgIpc) is 2.83. The maximum atomic E-state index is 14.7. The van der Waals surface area contributed by atoms with Gasteiger partial charge >= 0.3 is 0 Å². The van der Waals surface area contributed by atoms with Crippen LogP contribution in [0.25, 0.3) is 11.7 Å². The molecular weight excluding hydrogens is 427 g/mol.